The molecule has 0 bridgehead atoms. The van der Waals surface area contributed by atoms with Crippen molar-refractivity contribution < 1.29 is 9.59 Å². The number of nitrogens with one attached hydrogen (secondary N) is 3. The van der Waals surface area contributed by atoms with Crippen LogP contribution in [0.5, 0.6) is 0 Å². The van der Waals surface area contributed by atoms with Crippen molar-refractivity contribution in [1.82, 2.24) is 15.8 Å². The third kappa shape index (κ3) is 4.01. The van der Waals surface area contributed by atoms with Crippen LogP contribution in [0.3, 0.4) is 0 Å². The largest absolute Gasteiger partial charge is 0.326 e. The molecule has 4 rings (SSSR count). The lowest BCUT2D eigenvalue weighted by atomic mass is 9.72. The first-order valence-electron chi connectivity index (χ1n) is 9.55. The summed E-state index contributed by atoms with van der Waals surface area (Å²) in [5, 5.41) is 2.87. The minimum Gasteiger partial charge on any atom is -0.326 e. The van der Waals surface area contributed by atoms with Gasteiger partial charge in [-0.1, -0.05) is 37.1 Å². The first-order chi connectivity index (χ1) is 13.2. The predicted molar refractivity (Wildman–Crippen MR) is 102 cm³/mol. The third-order valence-electron chi connectivity index (χ3n) is 5.60. The smallest absolute Gasteiger partial charge is 0.237 e. The summed E-state index contributed by atoms with van der Waals surface area (Å²) in [7, 11) is 0. The van der Waals surface area contributed by atoms with E-state index >= 15 is 0 Å². The average Bonchev–Trinajstić information content (AvgIpc) is 2.70. The monoisotopic (exact) mass is 364 g/mol. The number of benzene rings is 1. The summed E-state index contributed by atoms with van der Waals surface area (Å²) in [5.74, 6) is 0.522. The maximum atomic E-state index is 12.2. The molecule has 2 heterocycles. The normalized spacial score (nSPS) is 24.6. The van der Waals surface area contributed by atoms with E-state index in [0.717, 1.165) is 36.1 Å². The first kappa shape index (κ1) is 17.7. The molecule has 1 saturated carbocycles. The SMILES string of the molecule is O=C(Cc1ccc(C2NNC(=O)C3CCCCC32)cc1)Nc1ccncc1. The number of fused-ring (bicyclic) bond motifs is 1. The Morgan fingerprint density at radius 2 is 1.81 bits per heavy atom. The lowest BCUT2D eigenvalue weighted by Gasteiger charge is -2.41. The summed E-state index contributed by atoms with van der Waals surface area (Å²) in [5.41, 5.74) is 8.91. The molecule has 2 aliphatic rings. The van der Waals surface area contributed by atoms with Crippen molar-refractivity contribution in [2.45, 2.75) is 38.1 Å². The lowest BCUT2D eigenvalue weighted by molar-refractivity contribution is -0.133. The van der Waals surface area contributed by atoms with Crippen molar-refractivity contribution >= 4 is 17.5 Å². The van der Waals surface area contributed by atoms with Gasteiger partial charge in [-0.25, -0.2) is 5.43 Å². The molecule has 2 aromatic rings. The van der Waals surface area contributed by atoms with Crippen LogP contribution >= 0.6 is 0 Å². The van der Waals surface area contributed by atoms with E-state index in [2.05, 4.69) is 33.3 Å². The summed E-state index contributed by atoms with van der Waals surface area (Å²) in [6.45, 7) is 0. The average molecular weight is 364 g/mol. The molecule has 6 nitrogen and oxygen atoms in total. The molecule has 2 fully saturated rings. The van der Waals surface area contributed by atoms with E-state index in [0.29, 0.717) is 12.3 Å². The van der Waals surface area contributed by atoms with Gasteiger partial charge in [-0.05, 0) is 42.0 Å². The fraction of sp³-hybridized carbons (Fsp3) is 0.381. The Balaban J connectivity index is 1.41. The number of amides is 2. The van der Waals surface area contributed by atoms with Gasteiger partial charge >= 0.3 is 0 Å². The molecule has 3 N–H and O–H groups in total. The van der Waals surface area contributed by atoms with Gasteiger partial charge < -0.3 is 5.32 Å². The van der Waals surface area contributed by atoms with E-state index < -0.39 is 0 Å². The minimum absolute atomic E-state index is 0.0515. The molecular formula is C21H24N4O2. The van der Waals surface area contributed by atoms with Gasteiger partial charge in [0.15, 0.2) is 0 Å². The molecule has 6 heteroatoms. The minimum atomic E-state index is -0.0515. The van der Waals surface area contributed by atoms with E-state index in [1.165, 1.54) is 6.42 Å². The van der Waals surface area contributed by atoms with E-state index in [9.17, 15) is 9.59 Å². The lowest BCUT2D eigenvalue weighted by Crippen LogP contribution is -2.55. The highest BCUT2D eigenvalue weighted by atomic mass is 16.2. The van der Waals surface area contributed by atoms with Crippen molar-refractivity contribution in [2.24, 2.45) is 11.8 Å². The number of hydrogen-bond donors (Lipinski definition) is 3. The van der Waals surface area contributed by atoms with Crippen LogP contribution in [-0.2, 0) is 16.0 Å². The summed E-state index contributed by atoms with van der Waals surface area (Å²) < 4.78 is 0. The van der Waals surface area contributed by atoms with Crippen LogP contribution in [0.1, 0.15) is 42.9 Å². The molecule has 27 heavy (non-hydrogen) atoms. The second-order valence-corrected chi connectivity index (χ2v) is 7.37. The van der Waals surface area contributed by atoms with Gasteiger partial charge in [-0.2, -0.15) is 0 Å². The Morgan fingerprint density at radius 1 is 1.07 bits per heavy atom. The number of aromatic nitrogens is 1. The summed E-state index contributed by atoms with van der Waals surface area (Å²) in [6.07, 6.45) is 7.99. The molecular weight excluding hydrogens is 340 g/mol. The molecule has 1 aliphatic heterocycles. The first-order valence-corrected chi connectivity index (χ1v) is 9.55. The van der Waals surface area contributed by atoms with Crippen molar-refractivity contribution in [3.05, 3.63) is 59.9 Å². The van der Waals surface area contributed by atoms with Crippen LogP contribution in [0.2, 0.25) is 0 Å². The molecule has 1 aliphatic carbocycles. The van der Waals surface area contributed by atoms with E-state index in [-0.39, 0.29) is 23.8 Å². The molecule has 0 spiro atoms. The number of pyridine rings is 1. The van der Waals surface area contributed by atoms with Crippen LogP contribution in [0.4, 0.5) is 5.69 Å². The van der Waals surface area contributed by atoms with Gasteiger partial charge in [0.1, 0.15) is 0 Å². The number of nitrogens with zero attached hydrogens (tertiary/aromatic N) is 1. The summed E-state index contributed by atoms with van der Waals surface area (Å²) in [4.78, 5) is 28.3. The molecule has 1 aromatic carbocycles. The number of hydrogen-bond acceptors (Lipinski definition) is 4. The van der Waals surface area contributed by atoms with Gasteiger partial charge in [0.2, 0.25) is 11.8 Å². The van der Waals surface area contributed by atoms with Crippen molar-refractivity contribution in [3.63, 3.8) is 0 Å². The van der Waals surface area contributed by atoms with E-state index in [4.69, 9.17) is 0 Å². The van der Waals surface area contributed by atoms with Crippen molar-refractivity contribution in [3.8, 4) is 0 Å². The summed E-state index contributed by atoms with van der Waals surface area (Å²) in [6, 6.07) is 11.8. The number of carbonyl (C=O) groups excluding carboxylic acids is 2. The zero-order chi connectivity index (χ0) is 18.6. The Kier molecular flexibility index (Phi) is 5.16. The van der Waals surface area contributed by atoms with E-state index in [1.54, 1.807) is 24.5 Å². The zero-order valence-corrected chi connectivity index (χ0v) is 15.2. The number of anilines is 1. The van der Waals surface area contributed by atoms with E-state index in [1.807, 2.05) is 12.1 Å². The van der Waals surface area contributed by atoms with Gasteiger partial charge in [0, 0.05) is 24.0 Å². The highest BCUT2D eigenvalue weighted by Gasteiger charge is 2.40. The van der Waals surface area contributed by atoms with Crippen LogP contribution < -0.4 is 16.2 Å². The number of carbonyl (C=O) groups is 2. The fourth-order valence-electron chi connectivity index (χ4n) is 4.23. The fourth-order valence-corrected chi connectivity index (χ4v) is 4.23. The second-order valence-electron chi connectivity index (χ2n) is 7.37. The molecule has 2 amide bonds. The van der Waals surface area contributed by atoms with Gasteiger partial charge in [0.05, 0.1) is 12.5 Å². The van der Waals surface area contributed by atoms with Gasteiger partial charge in [-0.3, -0.25) is 20.0 Å². The maximum Gasteiger partial charge on any atom is 0.237 e. The van der Waals surface area contributed by atoms with Crippen molar-refractivity contribution in [1.29, 1.82) is 0 Å². The topological polar surface area (TPSA) is 83.1 Å². The Hall–Kier alpha value is -2.73. The molecule has 1 aromatic heterocycles. The highest BCUT2D eigenvalue weighted by Crippen LogP contribution is 2.40. The highest BCUT2D eigenvalue weighted by molar-refractivity contribution is 5.92. The third-order valence-corrected chi connectivity index (χ3v) is 5.60. The Morgan fingerprint density at radius 3 is 2.59 bits per heavy atom. The molecule has 3 atom stereocenters. The van der Waals surface area contributed by atoms with Crippen LogP contribution in [0.25, 0.3) is 0 Å². The van der Waals surface area contributed by atoms with Crippen LogP contribution in [0, 0.1) is 11.8 Å². The number of rotatable bonds is 4. The molecule has 0 radical (unpaired) electrons. The van der Waals surface area contributed by atoms with Gasteiger partial charge in [-0.15, -0.1) is 0 Å². The van der Waals surface area contributed by atoms with Gasteiger partial charge in [0.25, 0.3) is 0 Å². The quantitative estimate of drug-likeness (QED) is 0.779. The maximum absolute atomic E-state index is 12.2. The standard InChI is InChI=1S/C21H24N4O2/c26-19(23-16-9-11-22-12-10-16)13-14-5-7-15(8-6-14)20-17-3-1-2-4-18(17)21(27)25-24-20/h5-12,17-18,20,24H,1-4,13H2,(H,25,27)(H,22,23,26). The Bertz CT molecular complexity index is 807. The van der Waals surface area contributed by atoms with Crippen LogP contribution in [-0.4, -0.2) is 16.8 Å². The predicted octanol–water partition coefficient (Wildman–Crippen LogP) is 2.74. The second kappa shape index (κ2) is 7.88. The van der Waals surface area contributed by atoms with Crippen LogP contribution in [0.15, 0.2) is 48.8 Å². The molecule has 140 valence electrons. The number of hydrazine groups is 1. The molecule has 3 unspecified atom stereocenters. The molecule has 1 saturated heterocycles. The summed E-state index contributed by atoms with van der Waals surface area (Å²) >= 11 is 0. The Labute approximate surface area is 158 Å². The van der Waals surface area contributed by atoms with Crippen molar-refractivity contribution in [2.75, 3.05) is 5.32 Å². The zero-order valence-electron chi connectivity index (χ0n) is 15.2.